The monoisotopic (exact) mass is 215 g/mol. The molecule has 86 valence electrons. The third kappa shape index (κ3) is 2.68. The number of carbonyl (C=O) groups is 2. The highest BCUT2D eigenvalue weighted by atomic mass is 16.5. The van der Waals surface area contributed by atoms with Crippen LogP contribution in [0, 0.1) is 0 Å². The molecule has 0 spiro atoms. The van der Waals surface area contributed by atoms with E-state index in [-0.39, 0.29) is 12.7 Å². The van der Waals surface area contributed by atoms with Gasteiger partial charge in [0.2, 0.25) is 0 Å². The van der Waals surface area contributed by atoms with Gasteiger partial charge in [-0.25, -0.2) is 4.79 Å². The van der Waals surface area contributed by atoms with Gasteiger partial charge in [0, 0.05) is 6.61 Å². The van der Waals surface area contributed by atoms with Crippen LogP contribution >= 0.6 is 0 Å². The fraction of sp³-hybridized carbons (Fsp3) is 0.800. The minimum atomic E-state index is -0.835. The quantitative estimate of drug-likeness (QED) is 0.529. The van der Waals surface area contributed by atoms with E-state index in [0.717, 1.165) is 0 Å². The van der Waals surface area contributed by atoms with E-state index in [4.69, 9.17) is 4.74 Å². The molecule has 1 rings (SSSR count). The molecule has 1 N–H and O–H groups in total. The summed E-state index contributed by atoms with van der Waals surface area (Å²) in [5.74, 6) is -1.53. The molecule has 0 bridgehead atoms. The van der Waals surface area contributed by atoms with E-state index in [2.05, 4.69) is 10.1 Å². The van der Waals surface area contributed by atoms with E-state index in [1.165, 1.54) is 0 Å². The van der Waals surface area contributed by atoms with Crippen LogP contribution in [0.15, 0.2) is 0 Å². The summed E-state index contributed by atoms with van der Waals surface area (Å²) in [7, 11) is 0. The molecule has 2 atom stereocenters. The summed E-state index contributed by atoms with van der Waals surface area (Å²) in [5, 5.41) is 2.65. The summed E-state index contributed by atoms with van der Waals surface area (Å²) in [6.07, 6.45) is 0.620. The predicted molar refractivity (Wildman–Crippen MR) is 53.2 cm³/mol. The smallest absolute Gasteiger partial charge is 0.396 e. The van der Waals surface area contributed by atoms with Crippen molar-refractivity contribution in [3.8, 4) is 0 Å². The Bertz CT molecular complexity index is 266. The van der Waals surface area contributed by atoms with Gasteiger partial charge < -0.3 is 14.8 Å². The van der Waals surface area contributed by atoms with E-state index in [0.29, 0.717) is 13.0 Å². The maximum absolute atomic E-state index is 11.4. The Morgan fingerprint density at radius 3 is 2.73 bits per heavy atom. The standard InChI is InChI=1S/C10H17NO4/c1-4-14-9(13)8(12)11-10(3)5-6-15-7(10)2/h7H,4-6H2,1-3H3,(H,11,12). The average Bonchev–Trinajstić information content (AvgIpc) is 2.47. The van der Waals surface area contributed by atoms with Gasteiger partial charge in [0.1, 0.15) is 0 Å². The Labute approximate surface area is 89.1 Å². The van der Waals surface area contributed by atoms with Crippen LogP contribution in [0.25, 0.3) is 0 Å². The van der Waals surface area contributed by atoms with Gasteiger partial charge in [0.15, 0.2) is 0 Å². The van der Waals surface area contributed by atoms with Gasteiger partial charge in [-0.3, -0.25) is 4.79 Å². The van der Waals surface area contributed by atoms with Crippen molar-refractivity contribution in [2.45, 2.75) is 38.8 Å². The van der Waals surface area contributed by atoms with Crippen LogP contribution in [0.3, 0.4) is 0 Å². The first-order valence-electron chi connectivity index (χ1n) is 5.10. The fourth-order valence-electron chi connectivity index (χ4n) is 1.51. The topological polar surface area (TPSA) is 64.6 Å². The Balaban J connectivity index is 2.53. The number of carbonyl (C=O) groups excluding carboxylic acids is 2. The van der Waals surface area contributed by atoms with E-state index < -0.39 is 17.4 Å². The summed E-state index contributed by atoms with van der Waals surface area (Å²) in [6.45, 7) is 6.20. The van der Waals surface area contributed by atoms with Crippen molar-refractivity contribution in [1.29, 1.82) is 0 Å². The van der Waals surface area contributed by atoms with Gasteiger partial charge in [-0.05, 0) is 27.2 Å². The molecule has 1 heterocycles. The first kappa shape index (κ1) is 12.0. The van der Waals surface area contributed by atoms with Crippen LogP contribution < -0.4 is 5.32 Å². The van der Waals surface area contributed by atoms with Crippen molar-refractivity contribution in [2.75, 3.05) is 13.2 Å². The zero-order valence-corrected chi connectivity index (χ0v) is 9.33. The second-order valence-corrected chi connectivity index (χ2v) is 3.86. The summed E-state index contributed by atoms with van der Waals surface area (Å²) in [4.78, 5) is 22.5. The lowest BCUT2D eigenvalue weighted by Gasteiger charge is -2.28. The van der Waals surface area contributed by atoms with E-state index in [9.17, 15) is 9.59 Å². The number of amides is 1. The Hall–Kier alpha value is -1.10. The lowest BCUT2D eigenvalue weighted by molar-refractivity contribution is -0.155. The zero-order valence-electron chi connectivity index (χ0n) is 9.33. The lowest BCUT2D eigenvalue weighted by atomic mass is 9.95. The average molecular weight is 215 g/mol. The van der Waals surface area contributed by atoms with Crippen molar-refractivity contribution >= 4 is 11.9 Å². The number of nitrogens with one attached hydrogen (secondary N) is 1. The minimum absolute atomic E-state index is 0.0872. The zero-order chi connectivity index (χ0) is 11.5. The molecule has 0 aromatic heterocycles. The number of hydrogen-bond acceptors (Lipinski definition) is 4. The maximum atomic E-state index is 11.4. The molecule has 2 unspecified atom stereocenters. The third-order valence-corrected chi connectivity index (χ3v) is 2.75. The predicted octanol–water partition coefficient (Wildman–Crippen LogP) is 0.233. The van der Waals surface area contributed by atoms with Gasteiger partial charge in [-0.15, -0.1) is 0 Å². The molecule has 5 nitrogen and oxygen atoms in total. The second kappa shape index (κ2) is 4.61. The van der Waals surface area contributed by atoms with Gasteiger partial charge in [0.05, 0.1) is 18.2 Å². The number of rotatable bonds is 2. The molecular formula is C10H17NO4. The molecular weight excluding hydrogens is 198 g/mol. The molecule has 0 aliphatic carbocycles. The number of ether oxygens (including phenoxy) is 2. The lowest BCUT2D eigenvalue weighted by Crippen LogP contribution is -2.53. The van der Waals surface area contributed by atoms with Crippen molar-refractivity contribution < 1.29 is 19.1 Å². The first-order valence-corrected chi connectivity index (χ1v) is 5.10. The molecule has 5 heteroatoms. The van der Waals surface area contributed by atoms with E-state index in [1.54, 1.807) is 6.92 Å². The fourth-order valence-corrected chi connectivity index (χ4v) is 1.51. The molecule has 15 heavy (non-hydrogen) atoms. The molecule has 0 saturated carbocycles. The minimum Gasteiger partial charge on any atom is -0.459 e. The normalized spacial score (nSPS) is 29.9. The van der Waals surface area contributed by atoms with Crippen LogP contribution in [0.1, 0.15) is 27.2 Å². The van der Waals surface area contributed by atoms with Crippen molar-refractivity contribution in [2.24, 2.45) is 0 Å². The maximum Gasteiger partial charge on any atom is 0.396 e. The van der Waals surface area contributed by atoms with Gasteiger partial charge in [0.25, 0.3) is 0 Å². The van der Waals surface area contributed by atoms with Crippen LogP contribution in [0.4, 0.5) is 0 Å². The summed E-state index contributed by atoms with van der Waals surface area (Å²) in [5.41, 5.74) is -0.468. The Morgan fingerprint density at radius 1 is 1.60 bits per heavy atom. The highest BCUT2D eigenvalue weighted by Crippen LogP contribution is 2.24. The summed E-state index contributed by atoms with van der Waals surface area (Å²) >= 11 is 0. The molecule has 0 radical (unpaired) electrons. The molecule has 1 fully saturated rings. The molecule has 0 aromatic rings. The van der Waals surface area contributed by atoms with Crippen LogP contribution in [-0.4, -0.2) is 36.7 Å². The first-order chi connectivity index (χ1) is 6.99. The van der Waals surface area contributed by atoms with Gasteiger partial charge in [-0.1, -0.05) is 0 Å². The van der Waals surface area contributed by atoms with Crippen LogP contribution in [0.5, 0.6) is 0 Å². The molecule has 1 saturated heterocycles. The molecule has 1 aliphatic heterocycles. The number of hydrogen-bond donors (Lipinski definition) is 1. The van der Waals surface area contributed by atoms with Gasteiger partial charge >= 0.3 is 11.9 Å². The van der Waals surface area contributed by atoms with Crippen molar-refractivity contribution in [1.82, 2.24) is 5.32 Å². The van der Waals surface area contributed by atoms with Crippen molar-refractivity contribution in [3.63, 3.8) is 0 Å². The van der Waals surface area contributed by atoms with Crippen molar-refractivity contribution in [3.05, 3.63) is 0 Å². The number of esters is 1. The SMILES string of the molecule is CCOC(=O)C(=O)NC1(C)CCOC1C. The van der Waals surface area contributed by atoms with E-state index in [1.807, 2.05) is 13.8 Å². The molecule has 0 aromatic carbocycles. The molecule has 1 aliphatic rings. The molecule has 1 amide bonds. The Morgan fingerprint density at radius 2 is 2.27 bits per heavy atom. The largest absolute Gasteiger partial charge is 0.459 e. The third-order valence-electron chi connectivity index (χ3n) is 2.75. The Kier molecular flexibility index (Phi) is 3.68. The summed E-state index contributed by atoms with van der Waals surface area (Å²) < 4.78 is 9.94. The highest BCUT2D eigenvalue weighted by molar-refractivity contribution is 6.32. The van der Waals surface area contributed by atoms with Gasteiger partial charge in [-0.2, -0.15) is 0 Å². The van der Waals surface area contributed by atoms with Crippen LogP contribution in [-0.2, 0) is 19.1 Å². The summed E-state index contributed by atoms with van der Waals surface area (Å²) in [6, 6.07) is 0. The van der Waals surface area contributed by atoms with E-state index >= 15 is 0 Å². The second-order valence-electron chi connectivity index (χ2n) is 3.86. The highest BCUT2D eigenvalue weighted by Gasteiger charge is 2.39. The van der Waals surface area contributed by atoms with Crippen LogP contribution in [0.2, 0.25) is 0 Å².